The highest BCUT2D eigenvalue weighted by Gasteiger charge is 2.36. The second-order valence-corrected chi connectivity index (χ2v) is 7.15. The molecule has 1 aromatic carbocycles. The van der Waals surface area contributed by atoms with Crippen molar-refractivity contribution in [1.82, 2.24) is 15.2 Å². The highest BCUT2D eigenvalue weighted by molar-refractivity contribution is 7.17. The molecule has 136 valence electrons. The van der Waals surface area contributed by atoms with Crippen LogP contribution in [0.15, 0.2) is 36.5 Å². The van der Waals surface area contributed by atoms with E-state index in [0.717, 1.165) is 10.4 Å². The molecule has 0 saturated carbocycles. The van der Waals surface area contributed by atoms with Crippen molar-refractivity contribution in [2.24, 2.45) is 0 Å². The molecule has 2 aromatic rings. The number of aromatic nitrogens is 1. The highest BCUT2D eigenvalue weighted by atomic mass is 32.1. The van der Waals surface area contributed by atoms with Crippen LogP contribution in [0.1, 0.15) is 29.6 Å². The summed E-state index contributed by atoms with van der Waals surface area (Å²) >= 11 is 1.24. The van der Waals surface area contributed by atoms with E-state index in [1.54, 1.807) is 13.1 Å². The first-order chi connectivity index (χ1) is 12.5. The Morgan fingerprint density at radius 1 is 1.31 bits per heavy atom. The van der Waals surface area contributed by atoms with E-state index in [-0.39, 0.29) is 10.9 Å². The van der Waals surface area contributed by atoms with E-state index in [1.165, 1.54) is 16.2 Å². The van der Waals surface area contributed by atoms with Crippen molar-refractivity contribution >= 4 is 29.1 Å². The van der Waals surface area contributed by atoms with Crippen LogP contribution in [0.2, 0.25) is 0 Å². The van der Waals surface area contributed by atoms with Crippen LogP contribution in [0.25, 0.3) is 10.4 Å². The molecule has 1 fully saturated rings. The summed E-state index contributed by atoms with van der Waals surface area (Å²) in [4.78, 5) is 42.4. The van der Waals surface area contributed by atoms with Crippen LogP contribution in [0.3, 0.4) is 0 Å². The summed E-state index contributed by atoms with van der Waals surface area (Å²) in [6, 6.07) is 7.96. The molecule has 2 heterocycles. The number of nitrogens with one attached hydrogen (secondary N) is 1. The molecule has 3 rings (SSSR count). The van der Waals surface area contributed by atoms with Crippen LogP contribution in [0.5, 0.6) is 0 Å². The Morgan fingerprint density at radius 3 is 2.73 bits per heavy atom. The van der Waals surface area contributed by atoms with Crippen LogP contribution >= 0.6 is 11.3 Å². The quantitative estimate of drug-likeness (QED) is 0.835. The Balaban J connectivity index is 1.65. The molecule has 1 aromatic heterocycles. The van der Waals surface area contributed by atoms with E-state index in [0.29, 0.717) is 19.4 Å². The second kappa shape index (κ2) is 7.65. The fourth-order valence-electron chi connectivity index (χ4n) is 2.97. The Kier molecular flexibility index (Phi) is 5.32. The second-order valence-electron chi connectivity index (χ2n) is 6.12. The van der Waals surface area contributed by atoms with Crippen LogP contribution in [-0.2, 0) is 9.59 Å². The topological polar surface area (TPSA) is 99.6 Å². The van der Waals surface area contributed by atoms with Gasteiger partial charge in [0, 0.05) is 12.7 Å². The van der Waals surface area contributed by atoms with E-state index in [2.05, 4.69) is 10.3 Å². The molecule has 0 aliphatic carbocycles. The number of carbonyl (C=O) groups is 3. The summed E-state index contributed by atoms with van der Waals surface area (Å²) in [6.45, 7) is 1.95. The normalized spacial score (nSPS) is 17.7. The zero-order valence-electron chi connectivity index (χ0n) is 14.2. The first-order valence-electron chi connectivity index (χ1n) is 8.33. The van der Waals surface area contributed by atoms with Crippen molar-refractivity contribution in [2.75, 3.05) is 6.54 Å². The van der Waals surface area contributed by atoms with E-state index in [1.807, 2.05) is 30.3 Å². The van der Waals surface area contributed by atoms with Gasteiger partial charge in [-0.1, -0.05) is 30.3 Å². The Bertz CT molecular complexity index is 821. The van der Waals surface area contributed by atoms with Crippen LogP contribution in [-0.4, -0.2) is 51.4 Å². The maximum absolute atomic E-state index is 12.5. The Morgan fingerprint density at radius 2 is 2.04 bits per heavy atom. The number of carbonyl (C=O) groups excluding carboxylic acids is 2. The summed E-state index contributed by atoms with van der Waals surface area (Å²) in [7, 11) is 0. The third-order valence-electron chi connectivity index (χ3n) is 4.30. The van der Waals surface area contributed by atoms with Gasteiger partial charge in [0.15, 0.2) is 5.01 Å². The van der Waals surface area contributed by atoms with Gasteiger partial charge in [-0.15, -0.1) is 11.3 Å². The van der Waals surface area contributed by atoms with Gasteiger partial charge in [-0.2, -0.15) is 0 Å². The van der Waals surface area contributed by atoms with Crippen molar-refractivity contribution in [2.45, 2.75) is 31.8 Å². The lowest BCUT2D eigenvalue weighted by atomic mass is 10.2. The maximum Gasteiger partial charge on any atom is 0.326 e. The lowest BCUT2D eigenvalue weighted by molar-refractivity contribution is -0.148. The predicted molar refractivity (Wildman–Crippen MR) is 96.8 cm³/mol. The third kappa shape index (κ3) is 3.75. The summed E-state index contributed by atoms with van der Waals surface area (Å²) in [5.41, 5.74) is 0.967. The van der Waals surface area contributed by atoms with E-state index < -0.39 is 24.0 Å². The van der Waals surface area contributed by atoms with Gasteiger partial charge >= 0.3 is 5.97 Å². The van der Waals surface area contributed by atoms with Gasteiger partial charge in [0.1, 0.15) is 12.1 Å². The number of hydrogen-bond donors (Lipinski definition) is 2. The molecule has 0 bridgehead atoms. The number of carboxylic acid groups (broad SMARTS) is 1. The number of thiazole rings is 1. The molecular weight excluding hydrogens is 354 g/mol. The van der Waals surface area contributed by atoms with Gasteiger partial charge < -0.3 is 15.3 Å². The van der Waals surface area contributed by atoms with Crippen LogP contribution in [0.4, 0.5) is 0 Å². The summed E-state index contributed by atoms with van der Waals surface area (Å²) < 4.78 is 0. The molecule has 2 N–H and O–H groups in total. The zero-order chi connectivity index (χ0) is 18.7. The minimum Gasteiger partial charge on any atom is -0.480 e. The number of nitrogens with zero attached hydrogens (tertiary/aromatic N) is 2. The number of rotatable bonds is 5. The average Bonchev–Trinajstić information content (AvgIpc) is 3.31. The van der Waals surface area contributed by atoms with Crippen LogP contribution < -0.4 is 5.32 Å². The number of aliphatic carboxylic acids is 1. The molecule has 26 heavy (non-hydrogen) atoms. The number of hydrogen-bond acceptors (Lipinski definition) is 5. The Hall–Kier alpha value is -2.74. The van der Waals surface area contributed by atoms with Crippen molar-refractivity contribution in [3.8, 4) is 10.4 Å². The fraction of sp³-hybridized carbons (Fsp3) is 0.333. The fourth-order valence-corrected chi connectivity index (χ4v) is 3.80. The summed E-state index contributed by atoms with van der Waals surface area (Å²) in [5.74, 6) is -1.84. The summed E-state index contributed by atoms with van der Waals surface area (Å²) in [6.07, 6.45) is 2.72. The molecule has 1 aliphatic rings. The number of likely N-dealkylation sites (tertiary alicyclic amines) is 1. The van der Waals surface area contributed by atoms with Crippen molar-refractivity contribution in [3.05, 3.63) is 41.5 Å². The lowest BCUT2D eigenvalue weighted by Gasteiger charge is -2.25. The van der Waals surface area contributed by atoms with Gasteiger partial charge in [-0.25, -0.2) is 9.78 Å². The van der Waals surface area contributed by atoms with Gasteiger partial charge in [0.25, 0.3) is 5.91 Å². The molecule has 8 heteroatoms. The predicted octanol–water partition coefficient (Wildman–Crippen LogP) is 2.00. The largest absolute Gasteiger partial charge is 0.480 e. The highest BCUT2D eigenvalue weighted by Crippen LogP contribution is 2.26. The molecule has 0 unspecified atom stereocenters. The molecule has 7 nitrogen and oxygen atoms in total. The molecule has 1 aliphatic heterocycles. The molecule has 2 amide bonds. The van der Waals surface area contributed by atoms with Crippen LogP contribution in [0, 0.1) is 0 Å². The lowest BCUT2D eigenvalue weighted by Crippen LogP contribution is -2.50. The molecule has 0 spiro atoms. The number of benzene rings is 1. The SMILES string of the molecule is C[C@H](NC(=O)c1ncc(-c2ccccc2)s1)C(=O)N1CCC[C@H]1C(=O)O. The maximum atomic E-state index is 12.5. The third-order valence-corrected chi connectivity index (χ3v) is 5.34. The minimum atomic E-state index is -1.01. The van der Waals surface area contributed by atoms with Crippen molar-refractivity contribution < 1.29 is 19.5 Å². The minimum absolute atomic E-state index is 0.264. The number of amides is 2. The number of carboxylic acids is 1. The van der Waals surface area contributed by atoms with Crippen molar-refractivity contribution in [1.29, 1.82) is 0 Å². The van der Waals surface area contributed by atoms with Gasteiger partial charge in [-0.05, 0) is 25.3 Å². The van der Waals surface area contributed by atoms with E-state index in [4.69, 9.17) is 0 Å². The van der Waals surface area contributed by atoms with E-state index in [9.17, 15) is 19.5 Å². The van der Waals surface area contributed by atoms with Crippen molar-refractivity contribution in [3.63, 3.8) is 0 Å². The molecule has 0 radical (unpaired) electrons. The monoisotopic (exact) mass is 373 g/mol. The first kappa shape index (κ1) is 18.1. The smallest absolute Gasteiger partial charge is 0.326 e. The molecule has 1 saturated heterocycles. The Labute approximate surface area is 154 Å². The standard InChI is InChI=1S/C18H19N3O4S/c1-11(17(23)21-9-5-8-13(21)18(24)25)20-15(22)16-19-10-14(26-16)12-6-3-2-4-7-12/h2-4,6-7,10-11,13H,5,8-9H2,1H3,(H,20,22)(H,24,25)/t11-,13-/m0/s1. The summed E-state index contributed by atoms with van der Waals surface area (Å²) in [5, 5.41) is 12.1. The van der Waals surface area contributed by atoms with E-state index >= 15 is 0 Å². The van der Waals surface area contributed by atoms with Gasteiger partial charge in [0.05, 0.1) is 4.88 Å². The first-order valence-corrected chi connectivity index (χ1v) is 9.14. The molecule has 2 atom stereocenters. The average molecular weight is 373 g/mol. The van der Waals surface area contributed by atoms with Gasteiger partial charge in [-0.3, -0.25) is 9.59 Å². The zero-order valence-corrected chi connectivity index (χ0v) is 15.0. The molecular formula is C18H19N3O4S. The van der Waals surface area contributed by atoms with Gasteiger partial charge in [0.2, 0.25) is 5.91 Å².